The molecule has 0 aliphatic carbocycles. The summed E-state index contributed by atoms with van der Waals surface area (Å²) < 4.78 is 41.1. The zero-order valence-corrected chi connectivity index (χ0v) is 19.1. The molecule has 0 fully saturated rings. The van der Waals surface area contributed by atoms with Gasteiger partial charge in [-0.2, -0.15) is 8.75 Å². The first-order valence-electron chi connectivity index (χ1n) is 9.25. The molecule has 0 radical (unpaired) electrons. The van der Waals surface area contributed by atoms with Crippen LogP contribution in [0.15, 0.2) is 65.0 Å². The van der Waals surface area contributed by atoms with Crippen molar-refractivity contribution in [1.29, 1.82) is 0 Å². The van der Waals surface area contributed by atoms with E-state index in [1.54, 1.807) is 29.6 Å². The molecule has 2 heterocycles. The van der Waals surface area contributed by atoms with Crippen molar-refractivity contribution >= 4 is 49.8 Å². The fourth-order valence-corrected chi connectivity index (χ4v) is 4.94. The van der Waals surface area contributed by atoms with Gasteiger partial charge in [0.25, 0.3) is 15.9 Å². The van der Waals surface area contributed by atoms with Crippen molar-refractivity contribution in [2.45, 2.75) is 18.4 Å². The highest BCUT2D eigenvalue weighted by molar-refractivity contribution is 7.93. The van der Waals surface area contributed by atoms with Crippen LogP contribution in [0, 0.1) is 6.92 Å². The number of hydrogen-bond donors (Lipinski definition) is 2. The maximum atomic E-state index is 12.5. The molecule has 0 saturated carbocycles. The Morgan fingerprint density at radius 1 is 1.06 bits per heavy atom. The third-order valence-corrected chi connectivity index (χ3v) is 7.15. The molecule has 0 atom stereocenters. The third-order valence-electron chi connectivity index (χ3n) is 4.31. The molecule has 0 aliphatic rings. The van der Waals surface area contributed by atoms with Crippen LogP contribution in [-0.2, 0) is 16.6 Å². The van der Waals surface area contributed by atoms with Crippen LogP contribution < -0.4 is 14.8 Å². The van der Waals surface area contributed by atoms with Gasteiger partial charge in [-0.3, -0.25) is 9.52 Å². The Bertz CT molecular complexity index is 1300. The van der Waals surface area contributed by atoms with Crippen LogP contribution in [0.4, 0.5) is 10.8 Å². The van der Waals surface area contributed by atoms with E-state index in [0.29, 0.717) is 23.6 Å². The molecule has 9 nitrogen and oxygen atoms in total. The van der Waals surface area contributed by atoms with Crippen molar-refractivity contribution in [3.8, 4) is 5.75 Å². The minimum Gasteiger partial charge on any atom is -0.487 e. The second-order valence-corrected chi connectivity index (χ2v) is 9.64. The highest BCUT2D eigenvalue weighted by atomic mass is 32.2. The molecule has 32 heavy (non-hydrogen) atoms. The van der Waals surface area contributed by atoms with E-state index in [2.05, 4.69) is 23.8 Å². The van der Waals surface area contributed by atoms with E-state index < -0.39 is 10.0 Å². The molecule has 0 bridgehead atoms. The van der Waals surface area contributed by atoms with Crippen molar-refractivity contribution in [3.05, 3.63) is 77.1 Å². The predicted octanol–water partition coefficient (Wildman–Crippen LogP) is 3.94. The van der Waals surface area contributed by atoms with Gasteiger partial charge in [-0.1, -0.05) is 0 Å². The van der Waals surface area contributed by atoms with Gasteiger partial charge in [0.15, 0.2) is 5.13 Å². The van der Waals surface area contributed by atoms with Crippen LogP contribution in [0.2, 0.25) is 0 Å². The summed E-state index contributed by atoms with van der Waals surface area (Å²) in [4.78, 5) is 16.5. The number of amides is 1. The van der Waals surface area contributed by atoms with Crippen LogP contribution in [0.5, 0.6) is 5.75 Å². The second-order valence-electron chi connectivity index (χ2n) is 6.53. The number of sulfonamides is 1. The maximum absolute atomic E-state index is 12.5. The number of thiazole rings is 1. The summed E-state index contributed by atoms with van der Waals surface area (Å²) in [6.45, 7) is 2.18. The number of nitrogens with zero attached hydrogens (tertiary/aromatic N) is 3. The number of carbonyl (C=O) groups is 1. The fourth-order valence-electron chi connectivity index (χ4n) is 2.60. The standard InChI is InChI=1S/C20H17N5O4S3/c1-13-18(24-31-23-13)12-29-16-6-2-14(3-7-16)19(26)22-15-4-8-17(9-5-15)32(27,28)25-20-21-10-11-30-20/h2-11H,12H2,1H3,(H,21,25)(H,22,26). The molecule has 2 aromatic heterocycles. The van der Waals surface area contributed by atoms with Crippen molar-refractivity contribution in [2.24, 2.45) is 0 Å². The average Bonchev–Trinajstić information content (AvgIpc) is 3.44. The molecule has 4 rings (SSSR count). The molecule has 0 aliphatic heterocycles. The summed E-state index contributed by atoms with van der Waals surface area (Å²) in [5.74, 6) is 0.281. The van der Waals surface area contributed by atoms with Gasteiger partial charge in [-0.15, -0.1) is 11.3 Å². The molecule has 12 heteroatoms. The Morgan fingerprint density at radius 2 is 1.81 bits per heavy atom. The second kappa shape index (κ2) is 9.42. The van der Waals surface area contributed by atoms with Gasteiger partial charge in [-0.25, -0.2) is 13.4 Å². The smallest absolute Gasteiger partial charge is 0.263 e. The molecule has 0 saturated heterocycles. The number of benzene rings is 2. The summed E-state index contributed by atoms with van der Waals surface area (Å²) in [6, 6.07) is 12.6. The maximum Gasteiger partial charge on any atom is 0.263 e. The summed E-state index contributed by atoms with van der Waals surface area (Å²) in [5, 5.41) is 4.70. The first-order chi connectivity index (χ1) is 15.4. The molecule has 4 aromatic rings. The van der Waals surface area contributed by atoms with Crippen LogP contribution >= 0.6 is 23.1 Å². The Balaban J connectivity index is 1.35. The molecular weight excluding hydrogens is 470 g/mol. The van der Waals surface area contributed by atoms with E-state index in [1.807, 2.05) is 6.92 Å². The van der Waals surface area contributed by atoms with Crippen LogP contribution in [-0.4, -0.2) is 28.1 Å². The van der Waals surface area contributed by atoms with Gasteiger partial charge in [0.05, 0.1) is 22.3 Å². The molecule has 2 aromatic carbocycles. The Morgan fingerprint density at radius 3 is 2.44 bits per heavy atom. The van der Waals surface area contributed by atoms with Crippen LogP contribution in [0.25, 0.3) is 0 Å². The van der Waals surface area contributed by atoms with Gasteiger partial charge < -0.3 is 10.1 Å². The zero-order valence-electron chi connectivity index (χ0n) is 16.7. The summed E-state index contributed by atoms with van der Waals surface area (Å²) in [6.07, 6.45) is 1.51. The number of ether oxygens (including phenoxy) is 1. The summed E-state index contributed by atoms with van der Waals surface area (Å²) >= 11 is 2.32. The molecular formula is C20H17N5O4S3. The van der Waals surface area contributed by atoms with Crippen LogP contribution in [0.1, 0.15) is 21.7 Å². The lowest BCUT2D eigenvalue weighted by molar-refractivity contribution is 0.102. The van der Waals surface area contributed by atoms with Gasteiger partial charge in [0.1, 0.15) is 18.1 Å². The quantitative estimate of drug-likeness (QED) is 0.386. The number of aryl methyl sites for hydroxylation is 1. The first kappa shape index (κ1) is 21.9. The molecule has 0 spiro atoms. The number of anilines is 2. The van der Waals surface area contributed by atoms with Crippen molar-refractivity contribution < 1.29 is 17.9 Å². The van der Waals surface area contributed by atoms with E-state index in [-0.39, 0.29) is 15.9 Å². The van der Waals surface area contributed by atoms with Gasteiger partial charge in [-0.05, 0) is 55.5 Å². The number of aromatic nitrogens is 3. The Kier molecular flexibility index (Phi) is 6.44. The van der Waals surface area contributed by atoms with Gasteiger partial charge >= 0.3 is 0 Å². The third kappa shape index (κ3) is 5.28. The minimum absolute atomic E-state index is 0.0674. The van der Waals surface area contributed by atoms with E-state index in [0.717, 1.165) is 23.1 Å². The average molecular weight is 488 g/mol. The summed E-state index contributed by atoms with van der Waals surface area (Å²) in [7, 11) is -3.75. The normalized spacial score (nSPS) is 11.2. The minimum atomic E-state index is -3.75. The lowest BCUT2D eigenvalue weighted by atomic mass is 10.2. The Labute approximate surface area is 192 Å². The topological polar surface area (TPSA) is 123 Å². The SMILES string of the molecule is Cc1nsnc1COc1ccc(C(=O)Nc2ccc(S(=O)(=O)Nc3nccs3)cc2)cc1. The van der Waals surface area contributed by atoms with Crippen molar-refractivity contribution in [1.82, 2.24) is 13.7 Å². The zero-order chi connectivity index (χ0) is 22.6. The van der Waals surface area contributed by atoms with E-state index in [1.165, 1.54) is 41.8 Å². The monoisotopic (exact) mass is 487 g/mol. The molecule has 1 amide bonds. The van der Waals surface area contributed by atoms with Gasteiger partial charge in [0, 0.05) is 22.8 Å². The molecule has 2 N–H and O–H groups in total. The molecule has 164 valence electrons. The van der Waals surface area contributed by atoms with Gasteiger partial charge in [0.2, 0.25) is 0 Å². The number of nitrogens with one attached hydrogen (secondary N) is 2. The number of rotatable bonds is 8. The lowest BCUT2D eigenvalue weighted by Crippen LogP contribution is -2.14. The summed E-state index contributed by atoms with van der Waals surface area (Å²) in [5.41, 5.74) is 2.52. The van der Waals surface area contributed by atoms with E-state index >= 15 is 0 Å². The fraction of sp³-hybridized carbons (Fsp3) is 0.100. The Hall–Kier alpha value is -3.35. The first-order valence-corrected chi connectivity index (χ1v) is 12.3. The van der Waals surface area contributed by atoms with E-state index in [9.17, 15) is 13.2 Å². The highest BCUT2D eigenvalue weighted by Crippen LogP contribution is 2.20. The predicted molar refractivity (Wildman–Crippen MR) is 123 cm³/mol. The van der Waals surface area contributed by atoms with Crippen molar-refractivity contribution in [2.75, 3.05) is 10.0 Å². The van der Waals surface area contributed by atoms with Crippen molar-refractivity contribution in [3.63, 3.8) is 0 Å². The van der Waals surface area contributed by atoms with Crippen LogP contribution in [0.3, 0.4) is 0 Å². The highest BCUT2D eigenvalue weighted by Gasteiger charge is 2.16. The lowest BCUT2D eigenvalue weighted by Gasteiger charge is -2.09. The van der Waals surface area contributed by atoms with E-state index in [4.69, 9.17) is 4.74 Å². The molecule has 0 unspecified atom stereocenters. The largest absolute Gasteiger partial charge is 0.487 e. The number of carbonyl (C=O) groups excluding carboxylic acids is 1. The number of hydrogen-bond acceptors (Lipinski definition) is 9.